The quantitative estimate of drug-likeness (QED) is 0.555. The zero-order chi connectivity index (χ0) is 18.6. The molecule has 0 aliphatic heterocycles. The van der Waals surface area contributed by atoms with Crippen molar-refractivity contribution in [1.29, 1.82) is 0 Å². The Hall–Kier alpha value is -3.39. The molecule has 0 spiro atoms. The lowest BCUT2D eigenvalue weighted by atomic mass is 10.2. The molecule has 8 heteroatoms. The van der Waals surface area contributed by atoms with Crippen molar-refractivity contribution in [3.05, 3.63) is 92.3 Å². The highest BCUT2D eigenvalue weighted by Crippen LogP contribution is 2.24. The third-order valence-electron chi connectivity index (χ3n) is 3.81. The van der Waals surface area contributed by atoms with Crippen molar-refractivity contribution in [2.75, 3.05) is 0 Å². The van der Waals surface area contributed by atoms with Crippen molar-refractivity contribution >= 4 is 11.3 Å². The minimum Gasteiger partial charge on any atom is -0.487 e. The maximum absolute atomic E-state index is 11.5. The van der Waals surface area contributed by atoms with E-state index in [0.717, 1.165) is 26.6 Å². The second kappa shape index (κ2) is 7.46. The van der Waals surface area contributed by atoms with Gasteiger partial charge in [-0.3, -0.25) is 0 Å². The largest absolute Gasteiger partial charge is 0.487 e. The molecule has 0 saturated heterocycles. The van der Waals surface area contributed by atoms with Gasteiger partial charge in [-0.25, -0.2) is 19.6 Å². The van der Waals surface area contributed by atoms with Crippen LogP contribution in [0.2, 0.25) is 0 Å². The standard InChI is InChI=1S/C19H15N3O4S/c23-18-21-19(24)26-22(18)10-13-5-4-8-16(9-13)25-11-15-12-27-17(20-15)14-6-2-1-3-7-14/h1-9,12H,10-11H2,(H,21,23,24). The third-order valence-corrected chi connectivity index (χ3v) is 4.75. The van der Waals surface area contributed by atoms with E-state index in [0.29, 0.717) is 12.4 Å². The van der Waals surface area contributed by atoms with Crippen molar-refractivity contribution in [2.24, 2.45) is 0 Å². The van der Waals surface area contributed by atoms with Gasteiger partial charge in [-0.2, -0.15) is 0 Å². The van der Waals surface area contributed by atoms with Crippen molar-refractivity contribution in [2.45, 2.75) is 13.2 Å². The molecule has 2 aromatic carbocycles. The molecular formula is C19H15N3O4S. The molecule has 0 amide bonds. The van der Waals surface area contributed by atoms with E-state index in [1.165, 1.54) is 0 Å². The van der Waals surface area contributed by atoms with Gasteiger partial charge in [-0.05, 0) is 17.7 Å². The molecule has 0 radical (unpaired) electrons. The molecule has 4 rings (SSSR count). The summed E-state index contributed by atoms with van der Waals surface area (Å²) in [6.45, 7) is 0.482. The molecular weight excluding hydrogens is 366 g/mol. The van der Waals surface area contributed by atoms with Crippen LogP contribution in [0.3, 0.4) is 0 Å². The smallest absolute Gasteiger partial charge is 0.440 e. The van der Waals surface area contributed by atoms with Gasteiger partial charge in [0.2, 0.25) is 0 Å². The first kappa shape index (κ1) is 17.0. The molecule has 7 nitrogen and oxygen atoms in total. The van der Waals surface area contributed by atoms with Crippen molar-refractivity contribution in [1.82, 2.24) is 14.7 Å². The van der Waals surface area contributed by atoms with Crippen LogP contribution < -0.4 is 16.2 Å². The molecule has 136 valence electrons. The Labute approximate surface area is 157 Å². The van der Waals surface area contributed by atoms with Gasteiger partial charge in [0.1, 0.15) is 17.4 Å². The maximum atomic E-state index is 11.5. The third kappa shape index (κ3) is 4.06. The average molecular weight is 381 g/mol. The highest BCUT2D eigenvalue weighted by atomic mass is 32.1. The van der Waals surface area contributed by atoms with Crippen LogP contribution in [-0.4, -0.2) is 14.7 Å². The predicted molar refractivity (Wildman–Crippen MR) is 101 cm³/mol. The highest BCUT2D eigenvalue weighted by Gasteiger charge is 2.07. The summed E-state index contributed by atoms with van der Waals surface area (Å²) in [7, 11) is 0. The monoisotopic (exact) mass is 381 g/mol. The van der Waals surface area contributed by atoms with Crippen LogP contribution >= 0.6 is 11.3 Å². The number of aromatic nitrogens is 3. The minimum absolute atomic E-state index is 0.142. The zero-order valence-electron chi connectivity index (χ0n) is 14.1. The lowest BCUT2D eigenvalue weighted by Gasteiger charge is -2.06. The second-order valence-corrected chi connectivity index (χ2v) is 6.65. The summed E-state index contributed by atoms with van der Waals surface area (Å²) >= 11 is 1.57. The van der Waals surface area contributed by atoms with Crippen LogP contribution in [0.1, 0.15) is 11.3 Å². The number of aromatic amines is 1. The second-order valence-electron chi connectivity index (χ2n) is 5.79. The number of hydrogen-bond donors (Lipinski definition) is 1. The number of hydrogen-bond acceptors (Lipinski definition) is 6. The number of H-pyrrole nitrogens is 1. The molecule has 0 aliphatic carbocycles. The first-order chi connectivity index (χ1) is 13.2. The Morgan fingerprint density at radius 1 is 1.11 bits per heavy atom. The maximum Gasteiger partial charge on any atom is 0.440 e. The van der Waals surface area contributed by atoms with Gasteiger partial charge in [-0.1, -0.05) is 42.5 Å². The summed E-state index contributed by atoms with van der Waals surface area (Å²) in [6.07, 6.45) is 0. The molecule has 0 bridgehead atoms. The number of thiazole rings is 1. The fourth-order valence-corrected chi connectivity index (χ4v) is 3.37. The lowest BCUT2D eigenvalue weighted by Crippen LogP contribution is -2.17. The summed E-state index contributed by atoms with van der Waals surface area (Å²) in [6, 6.07) is 17.2. The van der Waals surface area contributed by atoms with E-state index in [1.807, 2.05) is 53.9 Å². The molecule has 1 N–H and O–H groups in total. The summed E-state index contributed by atoms with van der Waals surface area (Å²) in [4.78, 5) is 29.2. The van der Waals surface area contributed by atoms with Crippen molar-refractivity contribution in [3.63, 3.8) is 0 Å². The van der Waals surface area contributed by atoms with Crippen molar-refractivity contribution < 1.29 is 9.26 Å². The summed E-state index contributed by atoms with van der Waals surface area (Å²) < 4.78 is 11.6. The molecule has 0 saturated carbocycles. The van der Waals surface area contributed by atoms with Crippen LogP contribution in [0.4, 0.5) is 0 Å². The van der Waals surface area contributed by atoms with Gasteiger partial charge in [0.15, 0.2) is 0 Å². The van der Waals surface area contributed by atoms with E-state index in [9.17, 15) is 9.59 Å². The zero-order valence-corrected chi connectivity index (χ0v) is 14.9. The van der Waals surface area contributed by atoms with Crippen LogP contribution in [0.15, 0.2) is 74.1 Å². The Kier molecular flexibility index (Phi) is 4.71. The molecule has 27 heavy (non-hydrogen) atoms. The molecule has 2 heterocycles. The van der Waals surface area contributed by atoms with Gasteiger partial charge < -0.3 is 9.26 Å². The lowest BCUT2D eigenvalue weighted by molar-refractivity contribution is 0.257. The Bertz CT molecular complexity index is 1160. The normalized spacial score (nSPS) is 10.8. The molecule has 0 aliphatic rings. The van der Waals surface area contributed by atoms with Gasteiger partial charge >= 0.3 is 11.4 Å². The Balaban J connectivity index is 1.43. The number of nitrogens with zero attached hydrogens (tertiary/aromatic N) is 2. The fraction of sp³-hybridized carbons (Fsp3) is 0.105. The molecule has 0 unspecified atom stereocenters. The SMILES string of the molecule is O=c1[nH]c(=O)n(Cc2cccc(OCc3csc(-c4ccccc4)n3)c2)o1. The fourth-order valence-electron chi connectivity index (χ4n) is 2.56. The highest BCUT2D eigenvalue weighted by molar-refractivity contribution is 7.13. The van der Waals surface area contributed by atoms with Gasteiger partial charge in [0.05, 0.1) is 12.2 Å². The average Bonchev–Trinajstić information content (AvgIpc) is 3.27. The van der Waals surface area contributed by atoms with Crippen molar-refractivity contribution in [3.8, 4) is 16.3 Å². The van der Waals surface area contributed by atoms with E-state index >= 15 is 0 Å². The van der Waals surface area contributed by atoms with E-state index in [-0.39, 0.29) is 6.54 Å². The minimum atomic E-state index is -0.773. The first-order valence-electron chi connectivity index (χ1n) is 8.19. The molecule has 0 fully saturated rings. The number of benzene rings is 2. The van der Waals surface area contributed by atoms with Crippen LogP contribution in [0, 0.1) is 0 Å². The topological polar surface area (TPSA) is 90.1 Å². The predicted octanol–water partition coefficient (Wildman–Crippen LogP) is 2.88. The van der Waals surface area contributed by atoms with Crippen LogP contribution in [0.25, 0.3) is 10.6 Å². The number of ether oxygens (including phenoxy) is 1. The molecule has 2 aromatic heterocycles. The van der Waals surface area contributed by atoms with Gasteiger partial charge in [-0.15, -0.1) is 16.1 Å². The van der Waals surface area contributed by atoms with Gasteiger partial charge in [0, 0.05) is 10.9 Å². The van der Waals surface area contributed by atoms with Gasteiger partial charge in [0.25, 0.3) is 0 Å². The number of rotatable bonds is 6. The number of nitrogens with one attached hydrogen (secondary N) is 1. The summed E-state index contributed by atoms with van der Waals surface area (Å²) in [5.74, 6) is -0.127. The Morgan fingerprint density at radius 3 is 2.74 bits per heavy atom. The van der Waals surface area contributed by atoms with Crippen LogP contribution in [-0.2, 0) is 13.2 Å². The molecule has 0 atom stereocenters. The summed E-state index contributed by atoms with van der Waals surface area (Å²) in [5.41, 5.74) is 2.12. The first-order valence-corrected chi connectivity index (χ1v) is 9.07. The van der Waals surface area contributed by atoms with Crippen LogP contribution in [0.5, 0.6) is 5.75 Å². The molecule has 4 aromatic rings. The van der Waals surface area contributed by atoms with E-state index < -0.39 is 11.4 Å². The van der Waals surface area contributed by atoms with E-state index in [1.54, 1.807) is 17.4 Å². The van der Waals surface area contributed by atoms with E-state index in [4.69, 9.17) is 9.26 Å². The van der Waals surface area contributed by atoms with E-state index in [2.05, 4.69) is 9.97 Å². The summed E-state index contributed by atoms with van der Waals surface area (Å²) in [5, 5.41) is 2.92. The Morgan fingerprint density at radius 2 is 1.96 bits per heavy atom.